The molecular weight excluding hydrogens is 303 g/mol. The molecule has 0 fully saturated rings. The van der Waals surface area contributed by atoms with Crippen molar-refractivity contribution in [1.29, 1.82) is 0 Å². The molecule has 0 unspecified atom stereocenters. The van der Waals surface area contributed by atoms with Crippen LogP contribution in [0.15, 0.2) is 60.0 Å². The minimum absolute atomic E-state index is 0.0581. The van der Waals surface area contributed by atoms with Gasteiger partial charge in [-0.15, -0.1) is 6.58 Å². The summed E-state index contributed by atoms with van der Waals surface area (Å²) in [5.41, 5.74) is 1.66. The number of nitrogens with one attached hydrogen (secondary N) is 2. The van der Waals surface area contributed by atoms with E-state index in [4.69, 9.17) is 0 Å². The summed E-state index contributed by atoms with van der Waals surface area (Å²) in [5, 5.41) is 3.09. The molecule has 0 saturated carbocycles. The van der Waals surface area contributed by atoms with Gasteiger partial charge in [-0.05, 0) is 55.0 Å². The van der Waals surface area contributed by atoms with Crippen LogP contribution >= 0.6 is 0 Å². The van der Waals surface area contributed by atoms with Crippen LogP contribution in [0.3, 0.4) is 0 Å². The standard InChI is InChI=1S/C16H17FN2O2S/c1-3-10-18-14-5-7-15(8-6-14)19-22(20,21)16-9-4-13(17)11-12(16)2/h3-9,11,18-19H,1,10H2,2H3. The second-order valence-corrected chi connectivity index (χ2v) is 6.41. The Bertz CT molecular complexity index is 771. The molecule has 6 heteroatoms. The quantitative estimate of drug-likeness (QED) is 0.801. The Morgan fingerprint density at radius 3 is 2.36 bits per heavy atom. The molecule has 4 nitrogen and oxygen atoms in total. The number of hydrogen-bond donors (Lipinski definition) is 2. The highest BCUT2D eigenvalue weighted by atomic mass is 32.2. The summed E-state index contributed by atoms with van der Waals surface area (Å²) >= 11 is 0. The van der Waals surface area contributed by atoms with Crippen LogP contribution in [0.4, 0.5) is 15.8 Å². The van der Waals surface area contributed by atoms with E-state index < -0.39 is 15.8 Å². The summed E-state index contributed by atoms with van der Waals surface area (Å²) in [4.78, 5) is 0.0581. The van der Waals surface area contributed by atoms with Crippen molar-refractivity contribution >= 4 is 21.4 Å². The first-order valence-corrected chi connectivity index (χ1v) is 8.14. The Balaban J connectivity index is 2.19. The molecule has 0 aliphatic carbocycles. The number of benzene rings is 2. The minimum Gasteiger partial charge on any atom is -0.382 e. The van der Waals surface area contributed by atoms with E-state index >= 15 is 0 Å². The van der Waals surface area contributed by atoms with Gasteiger partial charge in [0.1, 0.15) is 5.82 Å². The molecule has 0 aromatic heterocycles. The topological polar surface area (TPSA) is 58.2 Å². The smallest absolute Gasteiger partial charge is 0.262 e. The van der Waals surface area contributed by atoms with E-state index in [-0.39, 0.29) is 4.90 Å². The number of anilines is 2. The van der Waals surface area contributed by atoms with Gasteiger partial charge in [0.15, 0.2) is 0 Å². The van der Waals surface area contributed by atoms with Gasteiger partial charge in [-0.1, -0.05) is 6.08 Å². The lowest BCUT2D eigenvalue weighted by atomic mass is 10.2. The molecular formula is C16H17FN2O2S. The Hall–Kier alpha value is -2.34. The zero-order valence-corrected chi connectivity index (χ0v) is 13.0. The second-order valence-electron chi connectivity index (χ2n) is 4.76. The van der Waals surface area contributed by atoms with Crippen molar-refractivity contribution in [3.05, 3.63) is 66.5 Å². The average molecular weight is 320 g/mol. The fourth-order valence-corrected chi connectivity index (χ4v) is 3.26. The Morgan fingerprint density at radius 2 is 1.77 bits per heavy atom. The van der Waals surface area contributed by atoms with Crippen LogP contribution in [-0.2, 0) is 10.0 Å². The molecule has 2 N–H and O–H groups in total. The van der Waals surface area contributed by atoms with Gasteiger partial charge in [-0.3, -0.25) is 4.72 Å². The monoisotopic (exact) mass is 320 g/mol. The van der Waals surface area contributed by atoms with Gasteiger partial charge in [0.2, 0.25) is 0 Å². The summed E-state index contributed by atoms with van der Waals surface area (Å²) in [6.07, 6.45) is 1.73. The van der Waals surface area contributed by atoms with Gasteiger partial charge in [-0.25, -0.2) is 12.8 Å². The zero-order chi connectivity index (χ0) is 16.2. The van der Waals surface area contributed by atoms with Gasteiger partial charge in [0, 0.05) is 17.9 Å². The van der Waals surface area contributed by atoms with Crippen molar-refractivity contribution in [3.63, 3.8) is 0 Å². The highest BCUT2D eigenvalue weighted by Crippen LogP contribution is 2.21. The third-order valence-corrected chi connectivity index (χ3v) is 4.56. The molecule has 2 aromatic carbocycles. The molecule has 2 aromatic rings. The maximum absolute atomic E-state index is 13.1. The summed E-state index contributed by atoms with van der Waals surface area (Å²) < 4.78 is 40.2. The number of halogens is 1. The molecule has 116 valence electrons. The Morgan fingerprint density at radius 1 is 1.14 bits per heavy atom. The third kappa shape index (κ3) is 3.85. The van der Waals surface area contributed by atoms with E-state index in [0.717, 1.165) is 11.8 Å². The first kappa shape index (κ1) is 16.0. The van der Waals surface area contributed by atoms with Crippen LogP contribution < -0.4 is 10.0 Å². The van der Waals surface area contributed by atoms with Gasteiger partial charge in [0.05, 0.1) is 4.90 Å². The summed E-state index contributed by atoms with van der Waals surface area (Å²) in [7, 11) is -3.74. The van der Waals surface area contributed by atoms with Crippen molar-refractivity contribution < 1.29 is 12.8 Å². The van der Waals surface area contributed by atoms with E-state index in [1.54, 1.807) is 37.3 Å². The van der Waals surface area contributed by atoms with Crippen LogP contribution in [-0.4, -0.2) is 15.0 Å². The molecule has 0 bridgehead atoms. The highest BCUT2D eigenvalue weighted by molar-refractivity contribution is 7.92. The van der Waals surface area contributed by atoms with Crippen LogP contribution in [0.2, 0.25) is 0 Å². The van der Waals surface area contributed by atoms with Gasteiger partial charge in [-0.2, -0.15) is 0 Å². The van der Waals surface area contributed by atoms with Gasteiger partial charge in [0.25, 0.3) is 10.0 Å². The van der Waals surface area contributed by atoms with E-state index in [1.165, 1.54) is 12.1 Å². The molecule has 22 heavy (non-hydrogen) atoms. The molecule has 0 heterocycles. The van der Waals surface area contributed by atoms with Crippen molar-refractivity contribution in [3.8, 4) is 0 Å². The predicted octanol–water partition coefficient (Wildman–Crippen LogP) is 3.53. The average Bonchev–Trinajstić information content (AvgIpc) is 2.45. The number of rotatable bonds is 6. The lowest BCUT2D eigenvalue weighted by Gasteiger charge is -2.11. The predicted molar refractivity (Wildman–Crippen MR) is 87.1 cm³/mol. The lowest BCUT2D eigenvalue weighted by molar-refractivity contribution is 0.598. The normalized spacial score (nSPS) is 11.0. The lowest BCUT2D eigenvalue weighted by Crippen LogP contribution is -2.14. The van der Waals surface area contributed by atoms with Crippen LogP contribution in [0.5, 0.6) is 0 Å². The summed E-state index contributed by atoms with van der Waals surface area (Å²) in [6, 6.07) is 10.4. The molecule has 0 aliphatic heterocycles. The maximum Gasteiger partial charge on any atom is 0.262 e. The second kappa shape index (κ2) is 6.62. The van der Waals surface area contributed by atoms with Crippen LogP contribution in [0, 0.1) is 12.7 Å². The van der Waals surface area contributed by atoms with Gasteiger partial charge < -0.3 is 5.32 Å². The van der Waals surface area contributed by atoms with E-state index in [1.807, 2.05) is 0 Å². The summed E-state index contributed by atoms with van der Waals surface area (Å²) in [5.74, 6) is -0.464. The molecule has 0 spiro atoms. The minimum atomic E-state index is -3.74. The Labute approximate surface area is 129 Å². The van der Waals surface area contributed by atoms with Crippen LogP contribution in [0.25, 0.3) is 0 Å². The van der Waals surface area contributed by atoms with Crippen molar-refractivity contribution in [1.82, 2.24) is 0 Å². The molecule has 0 atom stereocenters. The van der Waals surface area contributed by atoms with Gasteiger partial charge >= 0.3 is 0 Å². The molecule has 2 rings (SSSR count). The number of sulfonamides is 1. The van der Waals surface area contributed by atoms with Crippen molar-refractivity contribution in [2.24, 2.45) is 0 Å². The molecule has 0 amide bonds. The maximum atomic E-state index is 13.1. The SMILES string of the molecule is C=CCNc1ccc(NS(=O)(=O)c2ccc(F)cc2C)cc1. The molecule has 0 saturated heterocycles. The van der Waals surface area contributed by atoms with Crippen LogP contribution in [0.1, 0.15) is 5.56 Å². The fourth-order valence-electron chi connectivity index (χ4n) is 1.97. The largest absolute Gasteiger partial charge is 0.382 e. The fraction of sp³-hybridized carbons (Fsp3) is 0.125. The third-order valence-electron chi connectivity index (χ3n) is 3.01. The van der Waals surface area contributed by atoms with E-state index in [2.05, 4.69) is 16.6 Å². The van der Waals surface area contributed by atoms with E-state index in [0.29, 0.717) is 17.8 Å². The number of hydrogen-bond acceptors (Lipinski definition) is 3. The first-order valence-electron chi connectivity index (χ1n) is 6.66. The molecule has 0 aliphatic rings. The highest BCUT2D eigenvalue weighted by Gasteiger charge is 2.17. The van der Waals surface area contributed by atoms with Crippen molar-refractivity contribution in [2.45, 2.75) is 11.8 Å². The summed E-state index contributed by atoms with van der Waals surface area (Å²) in [6.45, 7) is 5.79. The number of aryl methyl sites for hydroxylation is 1. The Kier molecular flexibility index (Phi) is 4.82. The molecule has 0 radical (unpaired) electrons. The van der Waals surface area contributed by atoms with Crippen molar-refractivity contribution in [2.75, 3.05) is 16.6 Å². The zero-order valence-electron chi connectivity index (χ0n) is 12.1. The first-order chi connectivity index (χ1) is 10.4. The van der Waals surface area contributed by atoms with E-state index in [9.17, 15) is 12.8 Å².